The maximum atomic E-state index is 13.1. The van der Waals surface area contributed by atoms with E-state index in [0.717, 1.165) is 38.5 Å². The second kappa shape index (κ2) is 7.05. The molecule has 0 saturated carbocycles. The van der Waals surface area contributed by atoms with E-state index in [4.69, 9.17) is 9.47 Å². The number of pyridine rings is 1. The third kappa shape index (κ3) is 4.14. The van der Waals surface area contributed by atoms with Crippen LogP contribution in [0.3, 0.4) is 0 Å². The maximum absolute atomic E-state index is 13.1. The molecule has 0 amide bonds. The zero-order chi connectivity index (χ0) is 16.3. The van der Waals surface area contributed by atoms with Gasteiger partial charge in [-0.3, -0.25) is 0 Å². The molecule has 128 valence electrons. The van der Waals surface area contributed by atoms with Gasteiger partial charge in [0.05, 0.1) is 24.9 Å². The van der Waals surface area contributed by atoms with Crippen molar-refractivity contribution in [2.45, 2.75) is 31.5 Å². The molecule has 0 N–H and O–H groups in total. The fourth-order valence-corrected chi connectivity index (χ4v) is 3.09. The van der Waals surface area contributed by atoms with Gasteiger partial charge in [0, 0.05) is 31.8 Å². The van der Waals surface area contributed by atoms with Crippen molar-refractivity contribution >= 4 is 5.82 Å². The van der Waals surface area contributed by atoms with Crippen molar-refractivity contribution in [2.75, 3.05) is 37.8 Å². The molecule has 2 aliphatic heterocycles. The normalized spacial score (nSPS) is 23.4. The van der Waals surface area contributed by atoms with Crippen LogP contribution in [-0.4, -0.2) is 44.0 Å². The lowest BCUT2D eigenvalue weighted by atomic mass is 10.1. The predicted octanol–water partition coefficient (Wildman–Crippen LogP) is 3.12. The molecule has 1 unspecified atom stereocenters. The van der Waals surface area contributed by atoms with Crippen molar-refractivity contribution in [2.24, 2.45) is 5.92 Å². The molecule has 0 aliphatic carbocycles. The molecular weight excluding hydrogens is 309 g/mol. The van der Waals surface area contributed by atoms with Crippen LogP contribution in [0, 0.1) is 5.92 Å². The minimum Gasteiger partial charge on any atom is -0.381 e. The summed E-state index contributed by atoms with van der Waals surface area (Å²) in [7, 11) is 0. The van der Waals surface area contributed by atoms with E-state index in [2.05, 4.69) is 4.98 Å². The van der Waals surface area contributed by atoms with Gasteiger partial charge in [0.25, 0.3) is 0 Å². The lowest BCUT2D eigenvalue weighted by molar-refractivity contribution is -0.137. The number of ether oxygens (including phenoxy) is 2. The first kappa shape index (κ1) is 16.5. The molecule has 1 atom stereocenters. The molecule has 0 radical (unpaired) electrons. The number of hydrogen-bond donors (Lipinski definition) is 0. The SMILES string of the molecule is FC(F)(F)c1cccnc1N1CCC(OCC2CCOC2)CC1. The number of piperidine rings is 1. The highest BCUT2D eigenvalue weighted by Crippen LogP contribution is 2.36. The van der Waals surface area contributed by atoms with Gasteiger partial charge in [-0.25, -0.2) is 4.98 Å². The van der Waals surface area contributed by atoms with Gasteiger partial charge in [0.15, 0.2) is 0 Å². The molecule has 2 fully saturated rings. The van der Waals surface area contributed by atoms with Crippen molar-refractivity contribution in [1.29, 1.82) is 0 Å². The second-order valence-electron chi connectivity index (χ2n) is 6.12. The molecule has 0 spiro atoms. The van der Waals surface area contributed by atoms with Gasteiger partial charge < -0.3 is 14.4 Å². The van der Waals surface area contributed by atoms with Crippen LogP contribution in [0.5, 0.6) is 0 Å². The van der Waals surface area contributed by atoms with E-state index in [1.165, 1.54) is 12.3 Å². The first-order chi connectivity index (χ1) is 11.0. The molecule has 23 heavy (non-hydrogen) atoms. The van der Waals surface area contributed by atoms with Gasteiger partial charge in [0.2, 0.25) is 0 Å². The fourth-order valence-electron chi connectivity index (χ4n) is 3.09. The number of alkyl halides is 3. The van der Waals surface area contributed by atoms with Gasteiger partial charge >= 0.3 is 6.18 Å². The van der Waals surface area contributed by atoms with Crippen LogP contribution >= 0.6 is 0 Å². The Morgan fingerprint density at radius 1 is 1.26 bits per heavy atom. The van der Waals surface area contributed by atoms with E-state index < -0.39 is 11.7 Å². The second-order valence-corrected chi connectivity index (χ2v) is 6.12. The van der Waals surface area contributed by atoms with Gasteiger partial charge in [-0.1, -0.05) is 0 Å². The zero-order valence-corrected chi connectivity index (χ0v) is 12.9. The van der Waals surface area contributed by atoms with Crippen LogP contribution in [0.15, 0.2) is 18.3 Å². The molecule has 2 aliphatic rings. The van der Waals surface area contributed by atoms with Crippen LogP contribution in [0.2, 0.25) is 0 Å². The minimum absolute atomic E-state index is 0.0302. The van der Waals surface area contributed by atoms with Gasteiger partial charge in [0.1, 0.15) is 5.82 Å². The average Bonchev–Trinajstić information content (AvgIpc) is 3.06. The predicted molar refractivity (Wildman–Crippen MR) is 79.4 cm³/mol. The lowest BCUT2D eigenvalue weighted by Crippen LogP contribution is -2.39. The summed E-state index contributed by atoms with van der Waals surface area (Å²) in [6.45, 7) is 3.30. The Morgan fingerprint density at radius 2 is 2.04 bits per heavy atom. The molecule has 1 aromatic rings. The van der Waals surface area contributed by atoms with Gasteiger partial charge in [-0.05, 0) is 31.4 Å². The lowest BCUT2D eigenvalue weighted by Gasteiger charge is -2.34. The standard InChI is InChI=1S/C16H21F3N2O2/c17-16(18,19)14-2-1-6-20-15(14)21-7-3-13(4-8-21)23-11-12-5-9-22-10-12/h1-2,6,12-13H,3-5,7-11H2. The Balaban J connectivity index is 1.55. The average molecular weight is 330 g/mol. The first-order valence-corrected chi connectivity index (χ1v) is 8.00. The van der Waals surface area contributed by atoms with E-state index in [-0.39, 0.29) is 11.9 Å². The summed E-state index contributed by atoms with van der Waals surface area (Å²) in [5.41, 5.74) is -0.664. The summed E-state index contributed by atoms with van der Waals surface area (Å²) in [4.78, 5) is 5.66. The highest BCUT2D eigenvalue weighted by Gasteiger charge is 2.36. The minimum atomic E-state index is -4.38. The van der Waals surface area contributed by atoms with E-state index in [9.17, 15) is 13.2 Å². The quantitative estimate of drug-likeness (QED) is 0.850. The van der Waals surface area contributed by atoms with Crippen LogP contribution < -0.4 is 4.90 Å². The smallest absolute Gasteiger partial charge is 0.381 e. The Hall–Kier alpha value is -1.34. The molecule has 3 rings (SSSR count). The molecular formula is C16H21F3N2O2. The highest BCUT2D eigenvalue weighted by molar-refractivity contribution is 5.48. The summed E-state index contributed by atoms with van der Waals surface area (Å²) in [5, 5.41) is 0. The molecule has 4 nitrogen and oxygen atoms in total. The largest absolute Gasteiger partial charge is 0.419 e. The van der Waals surface area contributed by atoms with E-state index >= 15 is 0 Å². The molecule has 0 bridgehead atoms. The number of halogens is 3. The third-order valence-corrected chi connectivity index (χ3v) is 4.43. The van der Waals surface area contributed by atoms with Crippen molar-refractivity contribution in [3.8, 4) is 0 Å². The van der Waals surface area contributed by atoms with Crippen LogP contribution in [0.4, 0.5) is 19.0 Å². The number of rotatable bonds is 4. The van der Waals surface area contributed by atoms with Crippen molar-refractivity contribution in [1.82, 2.24) is 4.98 Å². The molecule has 1 aromatic heterocycles. The van der Waals surface area contributed by atoms with Crippen molar-refractivity contribution in [3.63, 3.8) is 0 Å². The summed E-state index contributed by atoms with van der Waals surface area (Å²) >= 11 is 0. The Kier molecular flexibility index (Phi) is 5.06. The monoisotopic (exact) mass is 330 g/mol. The number of nitrogens with zero attached hydrogens (tertiary/aromatic N) is 2. The number of aromatic nitrogens is 1. The van der Waals surface area contributed by atoms with E-state index in [0.29, 0.717) is 25.6 Å². The first-order valence-electron chi connectivity index (χ1n) is 8.00. The Labute approximate surface area is 133 Å². The number of hydrogen-bond acceptors (Lipinski definition) is 4. The third-order valence-electron chi connectivity index (χ3n) is 4.43. The summed E-state index contributed by atoms with van der Waals surface area (Å²) in [6.07, 6.45) is -0.373. The molecule has 7 heteroatoms. The fraction of sp³-hybridized carbons (Fsp3) is 0.688. The Morgan fingerprint density at radius 3 is 2.70 bits per heavy atom. The van der Waals surface area contributed by atoms with Crippen molar-refractivity contribution < 1.29 is 22.6 Å². The summed E-state index contributed by atoms with van der Waals surface area (Å²) < 4.78 is 50.4. The molecule has 3 heterocycles. The zero-order valence-electron chi connectivity index (χ0n) is 12.9. The topological polar surface area (TPSA) is 34.6 Å². The van der Waals surface area contributed by atoms with Gasteiger partial charge in [-0.2, -0.15) is 13.2 Å². The van der Waals surface area contributed by atoms with Crippen LogP contribution in [0.1, 0.15) is 24.8 Å². The van der Waals surface area contributed by atoms with Crippen LogP contribution in [-0.2, 0) is 15.7 Å². The van der Waals surface area contributed by atoms with E-state index in [1.54, 1.807) is 4.90 Å². The summed E-state index contributed by atoms with van der Waals surface area (Å²) in [5.74, 6) is 0.489. The molecule has 0 aromatic carbocycles. The van der Waals surface area contributed by atoms with Gasteiger partial charge in [-0.15, -0.1) is 0 Å². The Bertz CT molecular complexity index is 510. The van der Waals surface area contributed by atoms with Crippen molar-refractivity contribution in [3.05, 3.63) is 23.9 Å². The summed E-state index contributed by atoms with van der Waals surface area (Å²) in [6, 6.07) is 2.41. The van der Waals surface area contributed by atoms with E-state index in [1.807, 2.05) is 0 Å². The molecule has 2 saturated heterocycles. The highest BCUT2D eigenvalue weighted by atomic mass is 19.4. The number of anilines is 1. The maximum Gasteiger partial charge on any atom is 0.419 e. The van der Waals surface area contributed by atoms with Crippen LogP contribution in [0.25, 0.3) is 0 Å².